The van der Waals surface area contributed by atoms with E-state index in [1.54, 1.807) is 0 Å². The number of nitrogens with zero attached hydrogens (tertiary/aromatic N) is 3. The summed E-state index contributed by atoms with van der Waals surface area (Å²) >= 11 is 0. The predicted octanol–water partition coefficient (Wildman–Crippen LogP) is 2.98. The van der Waals surface area contributed by atoms with Gasteiger partial charge in [0.25, 0.3) is 0 Å². The van der Waals surface area contributed by atoms with E-state index in [0.29, 0.717) is 17.9 Å². The van der Waals surface area contributed by atoms with E-state index in [0.717, 1.165) is 58.3 Å². The van der Waals surface area contributed by atoms with Crippen LogP contribution in [0.1, 0.15) is 45.1 Å². The molecule has 2 saturated heterocycles. The fraction of sp³-hybridized carbons (Fsp3) is 0.700. The number of hydrogen-bond donors (Lipinski definition) is 0. The molecule has 132 valence electrons. The van der Waals surface area contributed by atoms with Crippen LogP contribution in [0.3, 0.4) is 0 Å². The molecule has 4 nitrogen and oxygen atoms in total. The largest absolute Gasteiger partial charge is 0.342 e. The summed E-state index contributed by atoms with van der Waals surface area (Å²) in [7, 11) is 0. The van der Waals surface area contributed by atoms with E-state index in [1.165, 1.54) is 5.56 Å². The molecule has 0 aromatic carbocycles. The monoisotopic (exact) mass is 329 g/mol. The Labute approximate surface area is 146 Å². The second-order valence-electron chi connectivity index (χ2n) is 7.76. The van der Waals surface area contributed by atoms with Crippen molar-refractivity contribution in [1.82, 2.24) is 14.8 Å². The van der Waals surface area contributed by atoms with Gasteiger partial charge in [-0.3, -0.25) is 9.78 Å². The Morgan fingerprint density at radius 3 is 2.71 bits per heavy atom. The zero-order valence-electron chi connectivity index (χ0n) is 15.2. The molecule has 1 aromatic rings. The number of carbonyl (C=O) groups is 1. The van der Waals surface area contributed by atoms with E-state index in [4.69, 9.17) is 0 Å². The van der Waals surface area contributed by atoms with E-state index in [9.17, 15) is 4.79 Å². The third kappa shape index (κ3) is 4.35. The van der Waals surface area contributed by atoms with Gasteiger partial charge in [-0.1, -0.05) is 6.07 Å². The SMILES string of the molecule is CC(C)N1CCC[C@@H](C(=O)N2CCC(Cc3cccnc3)CC2)C1. The quantitative estimate of drug-likeness (QED) is 0.852. The molecule has 24 heavy (non-hydrogen) atoms. The van der Waals surface area contributed by atoms with Crippen molar-refractivity contribution in [2.24, 2.45) is 11.8 Å². The molecule has 3 rings (SSSR count). The third-order valence-corrected chi connectivity index (χ3v) is 5.71. The highest BCUT2D eigenvalue weighted by Gasteiger charge is 2.32. The normalized spacial score (nSPS) is 23.6. The summed E-state index contributed by atoms with van der Waals surface area (Å²) in [6.07, 6.45) is 9.38. The van der Waals surface area contributed by atoms with Gasteiger partial charge < -0.3 is 9.80 Å². The Morgan fingerprint density at radius 2 is 2.04 bits per heavy atom. The van der Waals surface area contributed by atoms with E-state index < -0.39 is 0 Å². The van der Waals surface area contributed by atoms with Crippen LogP contribution < -0.4 is 0 Å². The van der Waals surface area contributed by atoms with E-state index in [2.05, 4.69) is 34.7 Å². The van der Waals surface area contributed by atoms with Gasteiger partial charge in [0.15, 0.2) is 0 Å². The number of piperidine rings is 2. The Hall–Kier alpha value is -1.42. The molecular formula is C20H31N3O. The molecule has 2 aliphatic heterocycles. The lowest BCUT2D eigenvalue weighted by Gasteiger charge is -2.39. The number of aromatic nitrogens is 1. The fourth-order valence-electron chi connectivity index (χ4n) is 4.14. The highest BCUT2D eigenvalue weighted by Crippen LogP contribution is 2.25. The van der Waals surface area contributed by atoms with Gasteiger partial charge in [-0.15, -0.1) is 0 Å². The molecule has 2 fully saturated rings. The van der Waals surface area contributed by atoms with Gasteiger partial charge in [-0.2, -0.15) is 0 Å². The topological polar surface area (TPSA) is 36.4 Å². The molecule has 0 spiro atoms. The molecule has 0 unspecified atom stereocenters. The summed E-state index contributed by atoms with van der Waals surface area (Å²) in [5.41, 5.74) is 1.32. The van der Waals surface area contributed by atoms with Crippen molar-refractivity contribution < 1.29 is 4.79 Å². The number of pyridine rings is 1. The van der Waals surface area contributed by atoms with Crippen LogP contribution in [0.5, 0.6) is 0 Å². The van der Waals surface area contributed by atoms with E-state index >= 15 is 0 Å². The molecular weight excluding hydrogens is 298 g/mol. The lowest BCUT2D eigenvalue weighted by molar-refractivity contribution is -0.139. The highest BCUT2D eigenvalue weighted by molar-refractivity contribution is 5.79. The smallest absolute Gasteiger partial charge is 0.226 e. The van der Waals surface area contributed by atoms with E-state index in [1.807, 2.05) is 18.5 Å². The molecule has 1 amide bonds. The molecule has 1 aromatic heterocycles. The van der Waals surface area contributed by atoms with Gasteiger partial charge in [0, 0.05) is 38.1 Å². The average Bonchev–Trinajstić information content (AvgIpc) is 2.63. The van der Waals surface area contributed by atoms with Gasteiger partial charge >= 0.3 is 0 Å². The van der Waals surface area contributed by atoms with E-state index in [-0.39, 0.29) is 5.92 Å². The maximum atomic E-state index is 12.9. The summed E-state index contributed by atoms with van der Waals surface area (Å²) in [6.45, 7) is 8.43. The number of hydrogen-bond acceptors (Lipinski definition) is 3. The lowest BCUT2D eigenvalue weighted by Crippen LogP contribution is -2.48. The van der Waals surface area contributed by atoms with Crippen LogP contribution in [-0.4, -0.2) is 52.9 Å². The minimum absolute atomic E-state index is 0.219. The zero-order chi connectivity index (χ0) is 16.9. The molecule has 3 heterocycles. The van der Waals surface area contributed by atoms with Crippen molar-refractivity contribution in [1.29, 1.82) is 0 Å². The van der Waals surface area contributed by atoms with Crippen molar-refractivity contribution in [3.63, 3.8) is 0 Å². The van der Waals surface area contributed by atoms with Crippen LogP contribution in [0, 0.1) is 11.8 Å². The van der Waals surface area contributed by atoms with Gasteiger partial charge in [0.1, 0.15) is 0 Å². The first-order valence-corrected chi connectivity index (χ1v) is 9.55. The molecule has 0 aliphatic carbocycles. The van der Waals surface area contributed by atoms with Crippen LogP contribution in [0.2, 0.25) is 0 Å². The lowest BCUT2D eigenvalue weighted by atomic mass is 9.89. The van der Waals surface area contributed by atoms with Crippen molar-refractivity contribution in [3.05, 3.63) is 30.1 Å². The molecule has 0 N–H and O–H groups in total. The van der Waals surface area contributed by atoms with Crippen molar-refractivity contribution >= 4 is 5.91 Å². The van der Waals surface area contributed by atoms with Crippen molar-refractivity contribution in [2.45, 2.75) is 52.0 Å². The maximum absolute atomic E-state index is 12.9. The van der Waals surface area contributed by atoms with Crippen LogP contribution in [-0.2, 0) is 11.2 Å². The van der Waals surface area contributed by atoms with Crippen LogP contribution >= 0.6 is 0 Å². The van der Waals surface area contributed by atoms with Crippen LogP contribution in [0.4, 0.5) is 0 Å². The summed E-state index contributed by atoms with van der Waals surface area (Å²) in [5, 5.41) is 0. The third-order valence-electron chi connectivity index (χ3n) is 5.71. The predicted molar refractivity (Wildman–Crippen MR) is 96.7 cm³/mol. The molecule has 4 heteroatoms. The highest BCUT2D eigenvalue weighted by atomic mass is 16.2. The average molecular weight is 329 g/mol. The first kappa shape index (κ1) is 17.4. The van der Waals surface area contributed by atoms with Crippen LogP contribution in [0.25, 0.3) is 0 Å². The standard InChI is InChI=1S/C20H31N3O/c1-16(2)23-10-4-6-19(15-23)20(24)22-11-7-17(8-12-22)13-18-5-3-9-21-14-18/h3,5,9,14,16-17,19H,4,6-8,10-13,15H2,1-2H3/t19-/m1/s1. The van der Waals surface area contributed by atoms with Gasteiger partial charge in [0.2, 0.25) is 5.91 Å². The number of rotatable bonds is 4. The first-order chi connectivity index (χ1) is 11.6. The Kier molecular flexibility index (Phi) is 5.88. The van der Waals surface area contributed by atoms with Crippen LogP contribution in [0.15, 0.2) is 24.5 Å². The number of amides is 1. The first-order valence-electron chi connectivity index (χ1n) is 9.55. The van der Waals surface area contributed by atoms with Crippen molar-refractivity contribution in [2.75, 3.05) is 26.2 Å². The second kappa shape index (κ2) is 8.11. The van der Waals surface area contributed by atoms with Gasteiger partial charge in [-0.05, 0) is 70.0 Å². The molecule has 2 aliphatic rings. The zero-order valence-corrected chi connectivity index (χ0v) is 15.2. The van der Waals surface area contributed by atoms with Crippen molar-refractivity contribution in [3.8, 4) is 0 Å². The minimum atomic E-state index is 0.219. The van der Waals surface area contributed by atoms with Gasteiger partial charge in [-0.25, -0.2) is 0 Å². The summed E-state index contributed by atoms with van der Waals surface area (Å²) in [5.74, 6) is 1.31. The molecule has 1 atom stereocenters. The number of likely N-dealkylation sites (tertiary alicyclic amines) is 2. The summed E-state index contributed by atoms with van der Waals surface area (Å²) in [4.78, 5) is 21.7. The molecule has 0 radical (unpaired) electrons. The maximum Gasteiger partial charge on any atom is 0.226 e. The Balaban J connectivity index is 1.48. The fourth-order valence-corrected chi connectivity index (χ4v) is 4.14. The van der Waals surface area contributed by atoms with Gasteiger partial charge in [0.05, 0.1) is 5.92 Å². The second-order valence-corrected chi connectivity index (χ2v) is 7.76. The Bertz CT molecular complexity index is 523. The minimum Gasteiger partial charge on any atom is -0.342 e. The number of carbonyl (C=O) groups excluding carboxylic acids is 1. The Morgan fingerprint density at radius 1 is 1.25 bits per heavy atom. The molecule has 0 saturated carbocycles. The summed E-state index contributed by atoms with van der Waals surface area (Å²) < 4.78 is 0. The summed E-state index contributed by atoms with van der Waals surface area (Å²) in [6, 6.07) is 4.72. The molecule has 0 bridgehead atoms.